The van der Waals surface area contributed by atoms with Crippen LogP contribution in [0.15, 0.2) is 18.5 Å². The average molecular weight is 277 g/mol. The monoisotopic (exact) mass is 277 g/mol. The lowest BCUT2D eigenvalue weighted by atomic mass is 10.3. The van der Waals surface area contributed by atoms with E-state index in [0.29, 0.717) is 25.0 Å². The average Bonchev–Trinajstić information content (AvgIpc) is 2.92. The predicted octanol–water partition coefficient (Wildman–Crippen LogP) is 0.501. The number of hydrogen-bond donors (Lipinski definition) is 1. The summed E-state index contributed by atoms with van der Waals surface area (Å²) in [4.78, 5) is 14.7. The number of nitrogens with zero attached hydrogens (tertiary/aromatic N) is 6. The van der Waals surface area contributed by atoms with Crippen molar-refractivity contribution >= 4 is 11.9 Å². The SMILES string of the molecule is COCCN(c1nc(N)nc(-n2cccn2)n1)C(C)C. The molecule has 0 radical (unpaired) electrons. The van der Waals surface area contributed by atoms with Gasteiger partial charge in [-0.2, -0.15) is 20.1 Å². The van der Waals surface area contributed by atoms with E-state index in [0.717, 1.165) is 0 Å². The molecule has 2 rings (SSSR count). The van der Waals surface area contributed by atoms with Gasteiger partial charge in [0.05, 0.1) is 6.61 Å². The molecule has 8 nitrogen and oxygen atoms in total. The Kier molecular flexibility index (Phi) is 4.46. The fourth-order valence-corrected chi connectivity index (χ4v) is 1.77. The van der Waals surface area contributed by atoms with Crippen LogP contribution in [0.1, 0.15) is 13.8 Å². The summed E-state index contributed by atoms with van der Waals surface area (Å²) >= 11 is 0. The molecule has 0 bridgehead atoms. The highest BCUT2D eigenvalue weighted by Crippen LogP contribution is 2.14. The molecule has 0 fully saturated rings. The standard InChI is InChI=1S/C12H19N7O/c1-9(2)18(7-8-20-3)11-15-10(13)16-12(17-11)19-6-4-5-14-19/h4-6,9H,7-8H2,1-3H3,(H2,13,15,16,17). The summed E-state index contributed by atoms with van der Waals surface area (Å²) in [6.45, 7) is 5.38. The molecule has 0 saturated carbocycles. The Hall–Kier alpha value is -2.22. The van der Waals surface area contributed by atoms with E-state index in [1.54, 1.807) is 30.3 Å². The maximum atomic E-state index is 5.77. The summed E-state index contributed by atoms with van der Waals surface area (Å²) in [7, 11) is 1.66. The van der Waals surface area contributed by atoms with Gasteiger partial charge in [-0.05, 0) is 19.9 Å². The zero-order valence-corrected chi connectivity index (χ0v) is 11.9. The van der Waals surface area contributed by atoms with Crippen LogP contribution in [-0.4, -0.2) is 51.0 Å². The van der Waals surface area contributed by atoms with Crippen LogP contribution >= 0.6 is 0 Å². The molecule has 2 aromatic rings. The molecule has 0 amide bonds. The van der Waals surface area contributed by atoms with Gasteiger partial charge in [-0.25, -0.2) is 4.68 Å². The fraction of sp³-hybridized carbons (Fsp3) is 0.500. The molecular formula is C12H19N7O. The molecule has 0 aromatic carbocycles. The lowest BCUT2D eigenvalue weighted by molar-refractivity contribution is 0.203. The number of aromatic nitrogens is 5. The maximum absolute atomic E-state index is 5.77. The van der Waals surface area contributed by atoms with Crippen LogP contribution in [-0.2, 0) is 4.74 Å². The van der Waals surface area contributed by atoms with E-state index in [4.69, 9.17) is 10.5 Å². The van der Waals surface area contributed by atoms with E-state index in [-0.39, 0.29) is 12.0 Å². The molecule has 0 spiro atoms. The lowest BCUT2D eigenvalue weighted by Gasteiger charge is -2.26. The number of nitrogen functional groups attached to an aromatic ring is 1. The van der Waals surface area contributed by atoms with Gasteiger partial charge in [-0.3, -0.25) is 0 Å². The van der Waals surface area contributed by atoms with Crippen molar-refractivity contribution in [2.75, 3.05) is 30.9 Å². The van der Waals surface area contributed by atoms with E-state index >= 15 is 0 Å². The van der Waals surface area contributed by atoms with Gasteiger partial charge in [0.1, 0.15) is 0 Å². The molecule has 0 saturated heterocycles. The van der Waals surface area contributed by atoms with Crippen molar-refractivity contribution in [2.45, 2.75) is 19.9 Å². The first-order valence-electron chi connectivity index (χ1n) is 6.39. The summed E-state index contributed by atoms with van der Waals surface area (Å²) in [5.41, 5.74) is 5.77. The molecule has 2 aromatic heterocycles. The minimum Gasteiger partial charge on any atom is -0.383 e. The molecule has 0 aliphatic rings. The lowest BCUT2D eigenvalue weighted by Crippen LogP contribution is -2.35. The number of anilines is 2. The van der Waals surface area contributed by atoms with Crippen molar-refractivity contribution < 1.29 is 4.74 Å². The Morgan fingerprint density at radius 2 is 2.15 bits per heavy atom. The summed E-state index contributed by atoms with van der Waals surface area (Å²) in [6, 6.07) is 2.02. The zero-order valence-electron chi connectivity index (χ0n) is 11.9. The Morgan fingerprint density at radius 3 is 2.75 bits per heavy atom. The third kappa shape index (κ3) is 3.21. The van der Waals surface area contributed by atoms with Crippen molar-refractivity contribution in [3.8, 4) is 5.95 Å². The van der Waals surface area contributed by atoms with Crippen LogP contribution in [0.4, 0.5) is 11.9 Å². The van der Waals surface area contributed by atoms with Gasteiger partial charge in [-0.15, -0.1) is 0 Å². The van der Waals surface area contributed by atoms with E-state index in [1.165, 1.54) is 0 Å². The van der Waals surface area contributed by atoms with E-state index in [9.17, 15) is 0 Å². The van der Waals surface area contributed by atoms with Crippen molar-refractivity contribution in [2.24, 2.45) is 0 Å². The highest BCUT2D eigenvalue weighted by molar-refractivity contribution is 5.38. The van der Waals surface area contributed by atoms with E-state index in [1.807, 2.05) is 4.90 Å². The molecule has 0 aliphatic carbocycles. The van der Waals surface area contributed by atoms with E-state index < -0.39 is 0 Å². The molecule has 108 valence electrons. The van der Waals surface area contributed by atoms with Crippen molar-refractivity contribution in [1.29, 1.82) is 0 Å². The van der Waals surface area contributed by atoms with Gasteiger partial charge in [-0.1, -0.05) is 0 Å². The zero-order chi connectivity index (χ0) is 14.5. The third-order valence-corrected chi connectivity index (χ3v) is 2.75. The van der Waals surface area contributed by atoms with Crippen molar-refractivity contribution in [3.63, 3.8) is 0 Å². The third-order valence-electron chi connectivity index (χ3n) is 2.75. The molecule has 2 N–H and O–H groups in total. The first-order chi connectivity index (χ1) is 9.61. The highest BCUT2D eigenvalue weighted by Gasteiger charge is 2.16. The Morgan fingerprint density at radius 1 is 1.35 bits per heavy atom. The van der Waals surface area contributed by atoms with Gasteiger partial charge in [0, 0.05) is 32.1 Å². The minimum absolute atomic E-state index is 0.170. The molecule has 0 unspecified atom stereocenters. The molecular weight excluding hydrogens is 258 g/mol. The first kappa shape index (κ1) is 14.2. The number of nitrogens with two attached hydrogens (primary N) is 1. The van der Waals surface area contributed by atoms with Gasteiger partial charge in [0.2, 0.25) is 11.9 Å². The van der Waals surface area contributed by atoms with Crippen LogP contribution in [0.3, 0.4) is 0 Å². The smallest absolute Gasteiger partial charge is 0.257 e. The quantitative estimate of drug-likeness (QED) is 0.821. The van der Waals surface area contributed by atoms with Crippen LogP contribution in [0.5, 0.6) is 0 Å². The summed E-state index contributed by atoms with van der Waals surface area (Å²) in [5.74, 6) is 1.10. The maximum Gasteiger partial charge on any atom is 0.257 e. The summed E-state index contributed by atoms with van der Waals surface area (Å²) in [5, 5.41) is 4.10. The normalized spacial score (nSPS) is 11.0. The first-order valence-corrected chi connectivity index (χ1v) is 6.39. The summed E-state index contributed by atoms with van der Waals surface area (Å²) < 4.78 is 6.67. The minimum atomic E-state index is 0.170. The largest absolute Gasteiger partial charge is 0.383 e. The number of hydrogen-bond acceptors (Lipinski definition) is 7. The van der Waals surface area contributed by atoms with Crippen LogP contribution < -0.4 is 10.6 Å². The van der Waals surface area contributed by atoms with E-state index in [2.05, 4.69) is 33.9 Å². The Balaban J connectivity index is 2.34. The van der Waals surface area contributed by atoms with Gasteiger partial charge in [0.25, 0.3) is 5.95 Å². The van der Waals surface area contributed by atoms with Gasteiger partial charge in [0.15, 0.2) is 0 Å². The second kappa shape index (κ2) is 6.29. The molecule has 8 heteroatoms. The second-order valence-electron chi connectivity index (χ2n) is 4.52. The summed E-state index contributed by atoms with van der Waals surface area (Å²) in [6.07, 6.45) is 3.41. The Labute approximate surface area is 117 Å². The molecule has 20 heavy (non-hydrogen) atoms. The number of rotatable bonds is 6. The second-order valence-corrected chi connectivity index (χ2v) is 4.52. The fourth-order valence-electron chi connectivity index (χ4n) is 1.77. The topological polar surface area (TPSA) is 95.0 Å². The number of methoxy groups -OCH3 is 1. The van der Waals surface area contributed by atoms with Crippen molar-refractivity contribution in [1.82, 2.24) is 24.7 Å². The Bertz CT molecular complexity index is 541. The molecule has 2 heterocycles. The van der Waals surface area contributed by atoms with Crippen LogP contribution in [0.2, 0.25) is 0 Å². The highest BCUT2D eigenvalue weighted by atomic mass is 16.5. The number of ether oxygens (including phenoxy) is 1. The molecule has 0 atom stereocenters. The molecule has 0 aliphatic heterocycles. The van der Waals surface area contributed by atoms with Crippen molar-refractivity contribution in [3.05, 3.63) is 18.5 Å². The van der Waals surface area contributed by atoms with Crippen LogP contribution in [0.25, 0.3) is 5.95 Å². The van der Waals surface area contributed by atoms with Gasteiger partial charge < -0.3 is 15.4 Å². The van der Waals surface area contributed by atoms with Gasteiger partial charge >= 0.3 is 0 Å². The van der Waals surface area contributed by atoms with Crippen LogP contribution in [0, 0.1) is 0 Å². The predicted molar refractivity (Wildman–Crippen MR) is 75.7 cm³/mol.